The first-order valence-electron chi connectivity index (χ1n) is 8.28. The number of esters is 1. The summed E-state index contributed by atoms with van der Waals surface area (Å²) in [4.78, 5) is 35.6. The second kappa shape index (κ2) is 6.31. The highest BCUT2D eigenvalue weighted by atomic mass is 16.5. The average Bonchev–Trinajstić information content (AvgIpc) is 2.65. The van der Waals surface area contributed by atoms with Crippen molar-refractivity contribution in [2.75, 3.05) is 24.4 Å². The van der Waals surface area contributed by atoms with Crippen LogP contribution in [-0.4, -0.2) is 36.6 Å². The molecule has 0 aliphatic carbocycles. The van der Waals surface area contributed by atoms with E-state index in [9.17, 15) is 19.5 Å². The molecule has 0 radical (unpaired) electrons. The van der Waals surface area contributed by atoms with E-state index < -0.39 is 5.97 Å². The first kappa shape index (κ1) is 16.9. The molecule has 1 atom stereocenters. The van der Waals surface area contributed by atoms with Gasteiger partial charge in [0.2, 0.25) is 5.91 Å². The first-order chi connectivity index (χ1) is 13.0. The molecule has 2 heterocycles. The SMILES string of the molecule is COC(=O)c1cc([C@H]2CC(=O)Nc3cc4c(cc32)OCC(=O)N4)ccc1O. The Hall–Kier alpha value is -3.55. The van der Waals surface area contributed by atoms with Gasteiger partial charge in [-0.2, -0.15) is 0 Å². The smallest absolute Gasteiger partial charge is 0.341 e. The molecule has 3 N–H and O–H groups in total. The zero-order valence-electron chi connectivity index (χ0n) is 14.4. The Morgan fingerprint density at radius 2 is 1.93 bits per heavy atom. The molecule has 0 spiro atoms. The van der Waals surface area contributed by atoms with Gasteiger partial charge < -0.3 is 25.2 Å². The number of anilines is 2. The molecule has 2 aromatic carbocycles. The van der Waals surface area contributed by atoms with E-state index in [0.717, 1.165) is 5.56 Å². The van der Waals surface area contributed by atoms with Crippen molar-refractivity contribution in [1.29, 1.82) is 0 Å². The number of phenolic OH excluding ortho intramolecular Hbond substituents is 1. The fourth-order valence-electron chi connectivity index (χ4n) is 3.38. The maximum absolute atomic E-state index is 12.2. The minimum Gasteiger partial charge on any atom is -0.507 e. The number of carbonyl (C=O) groups excluding carboxylic acids is 3. The third-order valence-corrected chi connectivity index (χ3v) is 4.65. The van der Waals surface area contributed by atoms with E-state index in [1.807, 2.05) is 0 Å². The van der Waals surface area contributed by atoms with Crippen LogP contribution >= 0.6 is 0 Å². The summed E-state index contributed by atoms with van der Waals surface area (Å²) in [7, 11) is 1.23. The maximum atomic E-state index is 12.2. The van der Waals surface area contributed by atoms with Crippen molar-refractivity contribution in [2.24, 2.45) is 0 Å². The van der Waals surface area contributed by atoms with Crippen LogP contribution in [0.15, 0.2) is 30.3 Å². The van der Waals surface area contributed by atoms with Gasteiger partial charge in [0.15, 0.2) is 6.61 Å². The third kappa shape index (κ3) is 2.95. The largest absolute Gasteiger partial charge is 0.507 e. The van der Waals surface area contributed by atoms with E-state index in [4.69, 9.17) is 9.47 Å². The molecule has 2 aliphatic heterocycles. The molecule has 8 nitrogen and oxygen atoms in total. The molecular weight excluding hydrogens is 352 g/mol. The lowest BCUT2D eigenvalue weighted by molar-refractivity contribution is -0.118. The number of fused-ring (bicyclic) bond motifs is 2. The zero-order valence-corrected chi connectivity index (χ0v) is 14.4. The number of amides is 2. The van der Waals surface area contributed by atoms with E-state index >= 15 is 0 Å². The first-order valence-corrected chi connectivity index (χ1v) is 8.28. The number of hydrogen-bond donors (Lipinski definition) is 3. The molecular formula is C19H16N2O6. The summed E-state index contributed by atoms with van der Waals surface area (Å²) in [6, 6.07) is 8.03. The van der Waals surface area contributed by atoms with Crippen molar-refractivity contribution < 1.29 is 29.0 Å². The predicted octanol–water partition coefficient (Wildman–Crippen LogP) is 1.98. The molecule has 0 bridgehead atoms. The summed E-state index contributed by atoms with van der Waals surface area (Å²) < 4.78 is 10.2. The van der Waals surface area contributed by atoms with E-state index in [2.05, 4.69) is 10.6 Å². The van der Waals surface area contributed by atoms with E-state index in [1.54, 1.807) is 18.2 Å². The van der Waals surface area contributed by atoms with Crippen LogP contribution in [0.2, 0.25) is 0 Å². The highest BCUT2D eigenvalue weighted by Gasteiger charge is 2.30. The normalized spacial score (nSPS) is 17.7. The monoisotopic (exact) mass is 368 g/mol. The van der Waals surface area contributed by atoms with Gasteiger partial charge in [-0.05, 0) is 35.4 Å². The van der Waals surface area contributed by atoms with Crippen molar-refractivity contribution in [3.63, 3.8) is 0 Å². The summed E-state index contributed by atoms with van der Waals surface area (Å²) in [6.07, 6.45) is 0.170. The van der Waals surface area contributed by atoms with Crippen LogP contribution in [0.4, 0.5) is 11.4 Å². The predicted molar refractivity (Wildman–Crippen MR) is 95.1 cm³/mol. The number of ether oxygens (including phenoxy) is 2. The fourth-order valence-corrected chi connectivity index (χ4v) is 3.38. The molecule has 0 aromatic heterocycles. The number of phenols is 1. The van der Waals surface area contributed by atoms with E-state index in [0.29, 0.717) is 22.7 Å². The Morgan fingerprint density at radius 1 is 1.15 bits per heavy atom. The Morgan fingerprint density at radius 3 is 2.70 bits per heavy atom. The molecule has 138 valence electrons. The zero-order chi connectivity index (χ0) is 19.1. The Balaban J connectivity index is 1.81. The standard InChI is InChI=1S/C19H16N2O6/c1-26-19(25)12-4-9(2-3-15(12)22)10-6-17(23)20-13-7-14-16(5-11(10)13)27-8-18(24)21-14/h2-5,7,10,22H,6,8H2,1H3,(H,20,23)(H,21,24)/t10-/m1/s1. The highest BCUT2D eigenvalue weighted by Crippen LogP contribution is 2.43. The van der Waals surface area contributed by atoms with Crippen LogP contribution in [0.3, 0.4) is 0 Å². The van der Waals surface area contributed by atoms with Crippen LogP contribution < -0.4 is 15.4 Å². The summed E-state index contributed by atoms with van der Waals surface area (Å²) in [5.74, 6) is -1.13. The lowest BCUT2D eigenvalue weighted by Gasteiger charge is -2.29. The molecule has 8 heteroatoms. The van der Waals surface area contributed by atoms with Crippen molar-refractivity contribution >= 4 is 29.2 Å². The van der Waals surface area contributed by atoms with Crippen LogP contribution in [0.5, 0.6) is 11.5 Å². The summed E-state index contributed by atoms with van der Waals surface area (Å²) >= 11 is 0. The molecule has 0 saturated carbocycles. The van der Waals surface area contributed by atoms with Crippen molar-refractivity contribution in [2.45, 2.75) is 12.3 Å². The summed E-state index contributed by atoms with van der Waals surface area (Å²) in [5, 5.41) is 15.4. The number of carbonyl (C=O) groups is 3. The third-order valence-electron chi connectivity index (χ3n) is 4.65. The molecule has 2 aliphatic rings. The average molecular weight is 368 g/mol. The molecule has 0 fully saturated rings. The van der Waals surface area contributed by atoms with Crippen LogP contribution in [0.25, 0.3) is 0 Å². The van der Waals surface area contributed by atoms with Gasteiger partial charge in [0, 0.05) is 18.0 Å². The summed E-state index contributed by atoms with van der Waals surface area (Å²) in [5.41, 5.74) is 2.57. The molecule has 2 amide bonds. The molecule has 2 aromatic rings. The number of methoxy groups -OCH3 is 1. The lowest BCUT2D eigenvalue weighted by atomic mass is 9.83. The van der Waals surface area contributed by atoms with Gasteiger partial charge in [-0.3, -0.25) is 9.59 Å². The number of benzene rings is 2. The molecule has 27 heavy (non-hydrogen) atoms. The molecule has 4 rings (SSSR count). The van der Waals surface area contributed by atoms with Crippen molar-refractivity contribution in [1.82, 2.24) is 0 Å². The van der Waals surface area contributed by atoms with E-state index in [1.165, 1.54) is 19.2 Å². The van der Waals surface area contributed by atoms with Gasteiger partial charge in [0.1, 0.15) is 17.1 Å². The number of nitrogens with one attached hydrogen (secondary N) is 2. The highest BCUT2D eigenvalue weighted by molar-refractivity contribution is 6.00. The number of rotatable bonds is 2. The van der Waals surface area contributed by atoms with Crippen LogP contribution in [-0.2, 0) is 14.3 Å². The minimum absolute atomic E-state index is 0.0315. The number of aromatic hydroxyl groups is 1. The van der Waals surface area contributed by atoms with Crippen LogP contribution in [0, 0.1) is 0 Å². The maximum Gasteiger partial charge on any atom is 0.341 e. The Labute approximate surface area is 154 Å². The van der Waals surface area contributed by atoms with Gasteiger partial charge in [0.25, 0.3) is 5.91 Å². The number of hydrogen-bond acceptors (Lipinski definition) is 6. The second-order valence-electron chi connectivity index (χ2n) is 6.35. The van der Waals surface area contributed by atoms with Gasteiger partial charge in [-0.15, -0.1) is 0 Å². The Kier molecular flexibility index (Phi) is 3.95. The van der Waals surface area contributed by atoms with Crippen LogP contribution in [0.1, 0.15) is 33.8 Å². The van der Waals surface area contributed by atoms with Gasteiger partial charge in [-0.1, -0.05) is 6.07 Å². The van der Waals surface area contributed by atoms with Gasteiger partial charge >= 0.3 is 5.97 Å². The van der Waals surface area contributed by atoms with Gasteiger partial charge in [-0.25, -0.2) is 4.79 Å². The van der Waals surface area contributed by atoms with E-state index in [-0.39, 0.29) is 42.1 Å². The summed E-state index contributed by atoms with van der Waals surface area (Å²) in [6.45, 7) is -0.0749. The minimum atomic E-state index is -0.661. The Bertz CT molecular complexity index is 984. The molecule has 0 unspecified atom stereocenters. The fraction of sp³-hybridized carbons (Fsp3) is 0.211. The van der Waals surface area contributed by atoms with Crippen molar-refractivity contribution in [3.8, 4) is 11.5 Å². The topological polar surface area (TPSA) is 114 Å². The second-order valence-corrected chi connectivity index (χ2v) is 6.35. The van der Waals surface area contributed by atoms with Gasteiger partial charge in [0.05, 0.1) is 12.8 Å². The quantitative estimate of drug-likeness (QED) is 0.699. The van der Waals surface area contributed by atoms with Crippen molar-refractivity contribution in [3.05, 3.63) is 47.0 Å². The lowest BCUT2D eigenvalue weighted by Crippen LogP contribution is -2.28. The molecule has 0 saturated heterocycles.